The molecule has 2 aliphatic heterocycles. The molecule has 0 atom stereocenters. The Morgan fingerprint density at radius 2 is 0.939 bits per heavy atom. The second-order valence-electron chi connectivity index (χ2n) is 25.6. The van der Waals surface area contributed by atoms with E-state index in [1.807, 2.05) is 0 Å². The highest BCUT2D eigenvalue weighted by atomic mass is 16.3. The van der Waals surface area contributed by atoms with Gasteiger partial charge in [0.15, 0.2) is 0 Å². The number of hydrogen-bond acceptors (Lipinski definition) is 3. The third kappa shape index (κ3) is 5.63. The van der Waals surface area contributed by atoms with Crippen molar-refractivity contribution >= 4 is 79.2 Å². The van der Waals surface area contributed by atoms with Gasteiger partial charge >= 0.3 is 0 Å². The molecule has 66 heavy (non-hydrogen) atoms. The summed E-state index contributed by atoms with van der Waals surface area (Å²) in [5.74, 6) is 0. The number of anilines is 6. The minimum atomic E-state index is -0.0537. The third-order valence-corrected chi connectivity index (χ3v) is 18.0. The molecule has 12 rings (SSSR count). The smallest absolute Gasteiger partial charge is 0.257 e. The molecule has 3 heterocycles. The van der Waals surface area contributed by atoms with E-state index in [9.17, 15) is 0 Å². The van der Waals surface area contributed by atoms with E-state index in [4.69, 9.17) is 4.42 Å². The summed E-state index contributed by atoms with van der Waals surface area (Å²) >= 11 is 0. The van der Waals surface area contributed by atoms with E-state index in [0.29, 0.717) is 0 Å². The predicted molar refractivity (Wildman–Crippen MR) is 283 cm³/mol. The average molecular weight is 869 g/mol. The molecule has 0 fully saturated rings. The van der Waals surface area contributed by atoms with Gasteiger partial charge in [0.05, 0.1) is 0 Å². The first-order valence-corrected chi connectivity index (χ1v) is 25.1. The summed E-state index contributed by atoms with van der Waals surface area (Å²) in [7, 11) is 0. The van der Waals surface area contributed by atoms with Crippen LogP contribution in [0.2, 0.25) is 0 Å². The van der Waals surface area contributed by atoms with Crippen LogP contribution in [-0.4, -0.2) is 6.71 Å². The fourth-order valence-corrected chi connectivity index (χ4v) is 14.3. The van der Waals surface area contributed by atoms with Crippen LogP contribution in [0, 0.1) is 20.8 Å². The first kappa shape index (κ1) is 42.2. The molecule has 0 N–H and O–H groups in total. The Balaban J connectivity index is 1.23. The molecule has 0 saturated carbocycles. The van der Waals surface area contributed by atoms with Gasteiger partial charge in [0, 0.05) is 44.9 Å². The van der Waals surface area contributed by atoms with Gasteiger partial charge in [-0.15, -0.1) is 0 Å². The molecule has 5 aliphatic rings. The highest BCUT2D eigenvalue weighted by molar-refractivity contribution is 7.01. The third-order valence-electron chi connectivity index (χ3n) is 18.0. The van der Waals surface area contributed by atoms with Crippen LogP contribution in [0.25, 0.3) is 21.9 Å². The molecular weight excluding hydrogens is 800 g/mol. The summed E-state index contributed by atoms with van der Waals surface area (Å²) in [6.07, 6.45) is 5.84. The Labute approximate surface area is 395 Å². The average Bonchev–Trinajstić information content (AvgIpc) is 3.69. The fourth-order valence-electron chi connectivity index (χ4n) is 14.3. The van der Waals surface area contributed by atoms with Gasteiger partial charge in [0.25, 0.3) is 6.71 Å². The van der Waals surface area contributed by atoms with E-state index in [0.717, 1.165) is 17.6 Å². The highest BCUT2D eigenvalue weighted by Crippen LogP contribution is 2.56. The lowest BCUT2D eigenvalue weighted by molar-refractivity contribution is 0.332. The lowest BCUT2D eigenvalue weighted by Crippen LogP contribution is -2.62. The van der Waals surface area contributed by atoms with Crippen LogP contribution in [0.1, 0.15) is 165 Å². The summed E-state index contributed by atoms with van der Waals surface area (Å²) in [5.41, 5.74) is 26.8. The van der Waals surface area contributed by atoms with Crippen LogP contribution < -0.4 is 26.2 Å². The van der Waals surface area contributed by atoms with Gasteiger partial charge in [0.2, 0.25) is 0 Å². The Morgan fingerprint density at radius 3 is 1.56 bits per heavy atom. The SMILES string of the molecule is Cc1cc2c3c(c1)N(c1ccccc1C)c1ccc4c(oc5cc6c(cc54)C(C)(C)CCC6(C)C)c1B3c1cc3c(cc1N2c1cc2c(cc1C)C(C)(C)CCC2(C)C)C(C)(C)CC3(C)C. The Hall–Kier alpha value is -5.22. The number of furan rings is 1. The van der Waals surface area contributed by atoms with Crippen molar-refractivity contribution in [3.63, 3.8) is 0 Å². The molecule has 3 nitrogen and oxygen atoms in total. The molecule has 336 valence electrons. The number of nitrogens with zero attached hydrogens (tertiary/aromatic N) is 2. The molecule has 0 saturated heterocycles. The monoisotopic (exact) mass is 869 g/mol. The number of aryl methyl sites for hydroxylation is 3. The molecule has 4 heteroatoms. The summed E-state index contributed by atoms with van der Waals surface area (Å²) < 4.78 is 7.50. The predicted octanol–water partition coefficient (Wildman–Crippen LogP) is 15.3. The molecule has 7 aromatic rings. The summed E-state index contributed by atoms with van der Waals surface area (Å²) in [6, 6.07) is 34.2. The van der Waals surface area contributed by atoms with Gasteiger partial charge in [-0.05, 0) is 206 Å². The van der Waals surface area contributed by atoms with E-state index >= 15 is 0 Å². The lowest BCUT2D eigenvalue weighted by Gasteiger charge is -2.46. The largest absolute Gasteiger partial charge is 0.457 e. The molecule has 6 aromatic carbocycles. The van der Waals surface area contributed by atoms with E-state index in [2.05, 4.69) is 199 Å². The van der Waals surface area contributed by atoms with Crippen molar-refractivity contribution in [1.29, 1.82) is 0 Å². The van der Waals surface area contributed by atoms with Crippen molar-refractivity contribution in [1.82, 2.24) is 0 Å². The van der Waals surface area contributed by atoms with Crippen molar-refractivity contribution in [2.24, 2.45) is 0 Å². The molecule has 0 unspecified atom stereocenters. The van der Waals surface area contributed by atoms with Crippen molar-refractivity contribution in [3.05, 3.63) is 135 Å². The lowest BCUT2D eigenvalue weighted by atomic mass is 9.33. The number of rotatable bonds is 2. The van der Waals surface area contributed by atoms with Crippen molar-refractivity contribution in [3.8, 4) is 0 Å². The Kier molecular flexibility index (Phi) is 8.34. The first-order chi connectivity index (χ1) is 30.9. The topological polar surface area (TPSA) is 19.6 Å². The van der Waals surface area contributed by atoms with Gasteiger partial charge in [-0.25, -0.2) is 0 Å². The minimum absolute atomic E-state index is 0.0289. The second kappa shape index (κ2) is 13.1. The molecule has 0 spiro atoms. The molecular formula is C62H69BN2O. The van der Waals surface area contributed by atoms with Gasteiger partial charge in [-0.1, -0.05) is 113 Å². The zero-order chi connectivity index (χ0) is 46.6. The molecule has 0 bridgehead atoms. The maximum Gasteiger partial charge on any atom is 0.257 e. The minimum Gasteiger partial charge on any atom is -0.457 e. The summed E-state index contributed by atoms with van der Waals surface area (Å²) in [4.78, 5) is 5.30. The van der Waals surface area contributed by atoms with E-state index in [1.165, 1.54) is 137 Å². The van der Waals surface area contributed by atoms with Crippen LogP contribution in [0.3, 0.4) is 0 Å². The number of hydrogen-bond donors (Lipinski definition) is 0. The van der Waals surface area contributed by atoms with E-state index in [-0.39, 0.29) is 39.2 Å². The van der Waals surface area contributed by atoms with Gasteiger partial charge in [-0.3, -0.25) is 0 Å². The van der Waals surface area contributed by atoms with E-state index < -0.39 is 0 Å². The summed E-state index contributed by atoms with van der Waals surface area (Å²) in [6.45, 7) is 36.4. The fraction of sp³-hybridized carbons (Fsp3) is 0.419. The van der Waals surface area contributed by atoms with Crippen molar-refractivity contribution in [2.45, 2.75) is 168 Å². The van der Waals surface area contributed by atoms with Crippen LogP contribution in [-0.2, 0) is 32.5 Å². The van der Waals surface area contributed by atoms with Crippen LogP contribution in [0.5, 0.6) is 0 Å². The molecule has 1 aromatic heterocycles. The number of fused-ring (bicyclic) bond motifs is 11. The molecule has 0 amide bonds. The van der Waals surface area contributed by atoms with Gasteiger partial charge in [-0.2, -0.15) is 0 Å². The molecule has 0 radical (unpaired) electrons. The highest BCUT2D eigenvalue weighted by Gasteiger charge is 2.50. The maximum absolute atomic E-state index is 7.50. The standard InChI is InChI=1S/C62H69BN2O/c1-35-26-51-54-52(27-35)65(49-31-43-40(28-37(49)3)57(4,5)22-24-59(43,8)9)50-32-44-42(61(12,13)34-62(44,14)15)30-46(50)63(54)55-48(64(51)47-19-17-16-18-36(47)2)21-20-38-39-29-41-45(33-53(39)66-56(38)55)60(10,11)25-23-58(41,6)7/h16-21,26-33H,22-25,34H2,1-15H3. The molecule has 3 aliphatic carbocycles. The van der Waals surface area contributed by atoms with Crippen LogP contribution in [0.4, 0.5) is 34.1 Å². The Bertz CT molecular complexity index is 3300. The first-order valence-electron chi connectivity index (χ1n) is 25.1. The van der Waals surface area contributed by atoms with Crippen LogP contribution >= 0.6 is 0 Å². The Morgan fingerprint density at radius 1 is 0.424 bits per heavy atom. The van der Waals surface area contributed by atoms with Crippen molar-refractivity contribution in [2.75, 3.05) is 9.80 Å². The van der Waals surface area contributed by atoms with E-state index in [1.54, 1.807) is 0 Å². The van der Waals surface area contributed by atoms with Gasteiger partial charge in [0.1, 0.15) is 11.2 Å². The zero-order valence-corrected chi connectivity index (χ0v) is 42.5. The summed E-state index contributed by atoms with van der Waals surface area (Å²) in [5, 5.41) is 2.45. The maximum atomic E-state index is 7.50. The van der Waals surface area contributed by atoms with Crippen molar-refractivity contribution < 1.29 is 4.42 Å². The quantitative estimate of drug-likeness (QED) is 0.161. The number of benzene rings is 6. The number of para-hydroxylation sites is 1. The normalized spacial score (nSPS) is 20.7. The van der Waals surface area contributed by atoms with Crippen LogP contribution in [0.15, 0.2) is 89.3 Å². The second-order valence-corrected chi connectivity index (χ2v) is 25.6. The zero-order valence-electron chi connectivity index (χ0n) is 42.5. The van der Waals surface area contributed by atoms with Gasteiger partial charge < -0.3 is 14.2 Å².